The van der Waals surface area contributed by atoms with Crippen LogP contribution in [0.5, 0.6) is 5.75 Å². The predicted molar refractivity (Wildman–Crippen MR) is 142 cm³/mol. The van der Waals surface area contributed by atoms with Crippen molar-refractivity contribution in [2.45, 2.75) is 50.7 Å². The second kappa shape index (κ2) is 9.98. The van der Waals surface area contributed by atoms with Crippen LogP contribution in [0, 0.1) is 5.92 Å². The number of fused-ring (bicyclic) bond motifs is 1. The number of rotatable bonds is 8. The van der Waals surface area contributed by atoms with Crippen LogP contribution in [0.4, 0.5) is 14.5 Å². The number of alkyl halides is 2. The highest BCUT2D eigenvalue weighted by atomic mass is 19.3. The van der Waals surface area contributed by atoms with Gasteiger partial charge in [0.1, 0.15) is 18.2 Å². The molecule has 2 aromatic heterocycles. The molecule has 10 heteroatoms. The van der Waals surface area contributed by atoms with Gasteiger partial charge in [0.05, 0.1) is 35.7 Å². The van der Waals surface area contributed by atoms with Gasteiger partial charge in [0.2, 0.25) is 0 Å². The number of carboxylic acids is 1. The Kier molecular flexibility index (Phi) is 6.48. The molecular formula is C29H31F2N5O3. The van der Waals surface area contributed by atoms with Gasteiger partial charge in [-0.1, -0.05) is 25.0 Å². The van der Waals surface area contributed by atoms with E-state index in [-0.39, 0.29) is 19.0 Å². The molecule has 0 amide bonds. The van der Waals surface area contributed by atoms with E-state index in [2.05, 4.69) is 9.67 Å². The van der Waals surface area contributed by atoms with Gasteiger partial charge >= 0.3 is 5.97 Å². The number of ether oxygens (including phenoxy) is 1. The van der Waals surface area contributed by atoms with E-state index in [0.717, 1.165) is 53.1 Å². The molecule has 0 bridgehead atoms. The number of aliphatic carboxylic acids is 1. The van der Waals surface area contributed by atoms with E-state index >= 15 is 0 Å². The fourth-order valence-corrected chi connectivity index (χ4v) is 5.82. The van der Waals surface area contributed by atoms with Crippen molar-refractivity contribution in [3.63, 3.8) is 0 Å². The molecule has 4 aromatic rings. The number of hydrogen-bond donors (Lipinski definition) is 1. The van der Waals surface area contributed by atoms with Crippen LogP contribution in [0.3, 0.4) is 0 Å². The molecule has 0 radical (unpaired) electrons. The van der Waals surface area contributed by atoms with Crippen LogP contribution in [-0.4, -0.2) is 49.4 Å². The van der Waals surface area contributed by atoms with Crippen molar-refractivity contribution in [3.05, 3.63) is 71.8 Å². The van der Waals surface area contributed by atoms with Crippen LogP contribution >= 0.6 is 0 Å². The van der Waals surface area contributed by atoms with Crippen LogP contribution in [0.15, 0.2) is 54.7 Å². The minimum Gasteiger partial charge on any atom is -0.487 e. The number of carbonyl (C=O) groups is 1. The zero-order valence-electron chi connectivity index (χ0n) is 21.8. The Morgan fingerprint density at radius 3 is 2.69 bits per heavy atom. The summed E-state index contributed by atoms with van der Waals surface area (Å²) in [6.45, 7) is 0.195. The summed E-state index contributed by atoms with van der Waals surface area (Å²) in [6.07, 6.45) is 5.09. The lowest BCUT2D eigenvalue weighted by Crippen LogP contribution is -2.56. The molecule has 2 fully saturated rings. The van der Waals surface area contributed by atoms with Crippen molar-refractivity contribution in [3.8, 4) is 5.75 Å². The largest absolute Gasteiger partial charge is 0.487 e. The van der Waals surface area contributed by atoms with Crippen molar-refractivity contribution in [1.29, 1.82) is 0 Å². The van der Waals surface area contributed by atoms with E-state index in [1.165, 1.54) is 0 Å². The molecular weight excluding hydrogens is 504 g/mol. The molecule has 2 atom stereocenters. The minimum absolute atomic E-state index is 0.209. The summed E-state index contributed by atoms with van der Waals surface area (Å²) in [7, 11) is 1.85. The third-order valence-electron chi connectivity index (χ3n) is 7.78. The SMILES string of the molecule is Cn1ccc(COc2ccc3nc([C@H]4CCCCC4C(=O)O)n(Cc4cccc(N5CC(F)(F)C5)c4)c3c2)n1. The van der Waals surface area contributed by atoms with Gasteiger partial charge in [0.25, 0.3) is 5.92 Å². The second-order valence-electron chi connectivity index (χ2n) is 10.7. The van der Waals surface area contributed by atoms with Crippen LogP contribution in [0.25, 0.3) is 11.0 Å². The minimum atomic E-state index is -2.65. The fourth-order valence-electron chi connectivity index (χ4n) is 5.82. The third-order valence-corrected chi connectivity index (χ3v) is 7.78. The molecule has 1 saturated carbocycles. The lowest BCUT2D eigenvalue weighted by Gasteiger charge is -2.40. The summed E-state index contributed by atoms with van der Waals surface area (Å²) in [5.74, 6) is -2.74. The third kappa shape index (κ3) is 5.20. The second-order valence-corrected chi connectivity index (χ2v) is 10.7. The molecule has 1 unspecified atom stereocenters. The van der Waals surface area contributed by atoms with Crippen molar-refractivity contribution >= 4 is 22.7 Å². The van der Waals surface area contributed by atoms with Crippen molar-refractivity contribution < 1.29 is 23.4 Å². The van der Waals surface area contributed by atoms with Gasteiger partial charge in [-0.2, -0.15) is 5.10 Å². The summed E-state index contributed by atoms with van der Waals surface area (Å²) < 4.78 is 36.9. The lowest BCUT2D eigenvalue weighted by atomic mass is 9.78. The number of imidazole rings is 1. The van der Waals surface area contributed by atoms with Crippen molar-refractivity contribution in [2.24, 2.45) is 13.0 Å². The molecule has 2 aromatic carbocycles. The molecule has 8 nitrogen and oxygen atoms in total. The van der Waals surface area contributed by atoms with Gasteiger partial charge in [-0.05, 0) is 48.7 Å². The summed E-state index contributed by atoms with van der Waals surface area (Å²) in [6, 6.07) is 15.2. The molecule has 204 valence electrons. The highest BCUT2D eigenvalue weighted by Crippen LogP contribution is 2.40. The van der Waals surface area contributed by atoms with E-state index in [1.54, 1.807) is 9.58 Å². The summed E-state index contributed by atoms with van der Waals surface area (Å²) in [5.41, 5.74) is 4.12. The van der Waals surface area contributed by atoms with E-state index < -0.39 is 17.8 Å². The van der Waals surface area contributed by atoms with E-state index in [1.807, 2.05) is 61.8 Å². The van der Waals surface area contributed by atoms with E-state index in [4.69, 9.17) is 9.72 Å². The number of anilines is 1. The van der Waals surface area contributed by atoms with Crippen LogP contribution in [0.1, 0.15) is 48.7 Å². The molecule has 1 aliphatic heterocycles. The number of nitrogens with zero attached hydrogens (tertiary/aromatic N) is 5. The quantitative estimate of drug-likeness (QED) is 0.333. The molecule has 1 aliphatic carbocycles. The topological polar surface area (TPSA) is 85.4 Å². The first kappa shape index (κ1) is 25.3. The maximum Gasteiger partial charge on any atom is 0.307 e. The van der Waals surface area contributed by atoms with Crippen LogP contribution < -0.4 is 9.64 Å². The van der Waals surface area contributed by atoms with E-state index in [9.17, 15) is 18.7 Å². The molecule has 3 heterocycles. The maximum atomic E-state index is 13.5. The van der Waals surface area contributed by atoms with Gasteiger partial charge in [0, 0.05) is 37.5 Å². The van der Waals surface area contributed by atoms with Gasteiger partial charge < -0.3 is 19.3 Å². The number of hydrogen-bond acceptors (Lipinski definition) is 5. The van der Waals surface area contributed by atoms with Crippen molar-refractivity contribution in [1.82, 2.24) is 19.3 Å². The predicted octanol–water partition coefficient (Wildman–Crippen LogP) is 5.21. The average molecular weight is 536 g/mol. The fraction of sp³-hybridized carbons (Fsp3) is 0.414. The highest BCUT2D eigenvalue weighted by molar-refractivity contribution is 5.79. The normalized spacial score (nSPS) is 20.6. The van der Waals surface area contributed by atoms with Crippen molar-refractivity contribution in [2.75, 3.05) is 18.0 Å². The Bertz CT molecular complexity index is 1510. The molecule has 6 rings (SSSR count). The molecule has 1 saturated heterocycles. The van der Waals surface area contributed by atoms with Gasteiger partial charge in [0.15, 0.2) is 0 Å². The van der Waals surface area contributed by atoms with E-state index in [0.29, 0.717) is 25.3 Å². The number of benzene rings is 2. The molecule has 0 spiro atoms. The zero-order valence-corrected chi connectivity index (χ0v) is 21.8. The summed E-state index contributed by atoms with van der Waals surface area (Å²) in [5, 5.41) is 14.4. The first-order valence-corrected chi connectivity index (χ1v) is 13.3. The number of aryl methyl sites for hydroxylation is 1. The average Bonchev–Trinajstić information content (AvgIpc) is 3.49. The van der Waals surface area contributed by atoms with Gasteiger partial charge in [-0.25, -0.2) is 13.8 Å². The number of carboxylic acid groups (broad SMARTS) is 1. The standard InChI is InChI=1S/C29H31F2N5O3/c1-34-12-11-20(33-34)16-39-22-9-10-25-26(14-22)36(27(32-25)23-7-2-3-8-24(23)28(37)38)15-19-5-4-6-21(13-19)35-17-29(30,31)18-35/h4-6,9-14,23-24H,2-3,7-8,15-18H2,1H3,(H,37,38)/t23-,24?/m0/s1. The first-order chi connectivity index (χ1) is 18.8. The Hall–Kier alpha value is -3.95. The van der Waals surface area contributed by atoms with Gasteiger partial charge in [-0.15, -0.1) is 0 Å². The number of aromatic nitrogens is 4. The maximum absolute atomic E-state index is 13.5. The Balaban J connectivity index is 1.36. The molecule has 39 heavy (non-hydrogen) atoms. The Morgan fingerprint density at radius 1 is 1.13 bits per heavy atom. The van der Waals surface area contributed by atoms with Crippen LogP contribution in [-0.2, 0) is 25.0 Å². The molecule has 2 aliphatic rings. The first-order valence-electron chi connectivity index (χ1n) is 13.3. The molecule has 1 N–H and O–H groups in total. The number of halogens is 2. The van der Waals surface area contributed by atoms with Crippen LogP contribution in [0.2, 0.25) is 0 Å². The summed E-state index contributed by atoms with van der Waals surface area (Å²) in [4.78, 5) is 18.8. The Morgan fingerprint density at radius 2 is 1.95 bits per heavy atom. The smallest absolute Gasteiger partial charge is 0.307 e. The zero-order chi connectivity index (χ0) is 27.1. The monoisotopic (exact) mass is 535 g/mol. The Labute approximate surface area is 224 Å². The van der Waals surface area contributed by atoms with Gasteiger partial charge in [-0.3, -0.25) is 9.48 Å². The lowest BCUT2D eigenvalue weighted by molar-refractivity contribution is -0.143. The highest BCUT2D eigenvalue weighted by Gasteiger charge is 2.44. The summed E-state index contributed by atoms with van der Waals surface area (Å²) >= 11 is 0.